The minimum Gasteiger partial charge on any atom is -0.496 e. The minimum atomic E-state index is -0.159. The molecule has 7 nitrogen and oxygen atoms in total. The predicted molar refractivity (Wildman–Crippen MR) is 108 cm³/mol. The number of carbonyl (C=O) groups is 1. The maximum Gasteiger partial charge on any atom is 0.317 e. The summed E-state index contributed by atoms with van der Waals surface area (Å²) in [7, 11) is 3.41. The first-order valence-corrected chi connectivity index (χ1v) is 9.10. The maximum atomic E-state index is 12.6. The van der Waals surface area contributed by atoms with Crippen molar-refractivity contribution in [3.8, 4) is 11.6 Å². The molecular weight excluding hydrogens is 354 g/mol. The van der Waals surface area contributed by atoms with E-state index in [9.17, 15) is 4.79 Å². The van der Waals surface area contributed by atoms with Crippen LogP contribution in [0.3, 0.4) is 0 Å². The molecule has 0 aliphatic carbocycles. The van der Waals surface area contributed by atoms with Crippen LogP contribution in [0.2, 0.25) is 0 Å². The molecule has 1 unspecified atom stereocenters. The van der Waals surface area contributed by atoms with Crippen LogP contribution < -0.4 is 10.1 Å². The van der Waals surface area contributed by atoms with E-state index in [1.807, 2.05) is 61.0 Å². The quantitative estimate of drug-likeness (QED) is 0.712. The van der Waals surface area contributed by atoms with E-state index >= 15 is 0 Å². The molecule has 3 aromatic rings. The van der Waals surface area contributed by atoms with E-state index in [-0.39, 0.29) is 12.1 Å². The number of urea groups is 1. The number of methoxy groups -OCH3 is 1. The molecule has 0 radical (unpaired) electrons. The molecule has 146 valence electrons. The highest BCUT2D eigenvalue weighted by molar-refractivity contribution is 5.74. The van der Waals surface area contributed by atoms with Crippen molar-refractivity contribution in [1.82, 2.24) is 24.8 Å². The van der Waals surface area contributed by atoms with Gasteiger partial charge in [0, 0.05) is 37.7 Å². The number of aryl methyl sites for hydroxylation is 1. The molecule has 0 spiro atoms. The first-order valence-electron chi connectivity index (χ1n) is 9.10. The average molecular weight is 379 g/mol. The van der Waals surface area contributed by atoms with Crippen LogP contribution in [-0.4, -0.2) is 39.6 Å². The molecule has 0 aliphatic rings. The highest BCUT2D eigenvalue weighted by Gasteiger charge is 2.20. The van der Waals surface area contributed by atoms with E-state index in [1.54, 1.807) is 31.5 Å². The van der Waals surface area contributed by atoms with E-state index in [0.717, 1.165) is 28.5 Å². The highest BCUT2D eigenvalue weighted by atomic mass is 16.5. The Balaban J connectivity index is 1.61. The monoisotopic (exact) mass is 379 g/mol. The second kappa shape index (κ2) is 8.56. The third-order valence-corrected chi connectivity index (χ3v) is 4.82. The SMILES string of the molecule is COc1ccccc1C(C)N(C)C(=O)NCc1ccc(-n2ccnc2C)nc1. The van der Waals surface area contributed by atoms with Crippen molar-refractivity contribution in [2.45, 2.75) is 26.4 Å². The second-order valence-electron chi connectivity index (χ2n) is 6.56. The minimum absolute atomic E-state index is 0.124. The van der Waals surface area contributed by atoms with Crippen LogP contribution >= 0.6 is 0 Å². The van der Waals surface area contributed by atoms with E-state index in [0.29, 0.717) is 6.54 Å². The average Bonchev–Trinajstić information content (AvgIpc) is 3.17. The predicted octanol–water partition coefficient (Wildman–Crippen LogP) is 3.49. The van der Waals surface area contributed by atoms with Crippen LogP contribution in [0.1, 0.15) is 29.9 Å². The highest BCUT2D eigenvalue weighted by Crippen LogP contribution is 2.28. The summed E-state index contributed by atoms with van der Waals surface area (Å²) in [5.74, 6) is 2.44. The van der Waals surface area contributed by atoms with Gasteiger partial charge in [0.2, 0.25) is 0 Å². The normalized spacial score (nSPS) is 11.7. The number of imidazole rings is 1. The van der Waals surface area contributed by atoms with Gasteiger partial charge in [0.25, 0.3) is 0 Å². The van der Waals surface area contributed by atoms with Gasteiger partial charge in [0.1, 0.15) is 17.4 Å². The van der Waals surface area contributed by atoms with Gasteiger partial charge in [0.15, 0.2) is 0 Å². The number of aromatic nitrogens is 3. The van der Waals surface area contributed by atoms with Gasteiger partial charge in [-0.2, -0.15) is 0 Å². The summed E-state index contributed by atoms with van der Waals surface area (Å²) in [6, 6.07) is 11.3. The standard InChI is InChI=1S/C21H25N5O2/c1-15(18-7-5-6-8-19(18)28-4)25(3)21(27)24-14-17-9-10-20(23-13-17)26-12-11-22-16(26)2/h5-13,15H,14H2,1-4H3,(H,24,27). The Morgan fingerprint density at radius 1 is 1.25 bits per heavy atom. The fraction of sp³-hybridized carbons (Fsp3) is 0.286. The van der Waals surface area contributed by atoms with Crippen molar-refractivity contribution in [3.63, 3.8) is 0 Å². The lowest BCUT2D eigenvalue weighted by atomic mass is 10.1. The molecule has 1 aromatic carbocycles. The lowest BCUT2D eigenvalue weighted by Gasteiger charge is -2.26. The molecule has 3 rings (SSSR count). The van der Waals surface area contributed by atoms with Crippen LogP contribution in [-0.2, 0) is 6.54 Å². The van der Waals surface area contributed by atoms with Crippen LogP contribution in [0.4, 0.5) is 4.79 Å². The Morgan fingerprint density at radius 2 is 2.04 bits per heavy atom. The van der Waals surface area contributed by atoms with Gasteiger partial charge >= 0.3 is 6.03 Å². The van der Waals surface area contributed by atoms with Crippen molar-refractivity contribution in [2.75, 3.05) is 14.2 Å². The van der Waals surface area contributed by atoms with Crippen molar-refractivity contribution in [3.05, 3.63) is 71.9 Å². The molecule has 1 N–H and O–H groups in total. The van der Waals surface area contributed by atoms with E-state index in [2.05, 4.69) is 15.3 Å². The number of rotatable bonds is 6. The number of pyridine rings is 1. The number of amides is 2. The molecule has 0 saturated carbocycles. The lowest BCUT2D eigenvalue weighted by Crippen LogP contribution is -2.38. The molecule has 0 fully saturated rings. The number of hydrogen-bond donors (Lipinski definition) is 1. The van der Waals surface area contributed by atoms with Crippen molar-refractivity contribution in [2.24, 2.45) is 0 Å². The fourth-order valence-electron chi connectivity index (χ4n) is 2.98. The van der Waals surface area contributed by atoms with Gasteiger partial charge in [-0.15, -0.1) is 0 Å². The molecule has 2 aromatic heterocycles. The number of carbonyl (C=O) groups excluding carboxylic acids is 1. The zero-order valence-electron chi connectivity index (χ0n) is 16.6. The van der Waals surface area contributed by atoms with Crippen LogP contribution in [0, 0.1) is 6.92 Å². The van der Waals surface area contributed by atoms with Gasteiger partial charge in [-0.1, -0.05) is 24.3 Å². The van der Waals surface area contributed by atoms with Crippen LogP contribution in [0.25, 0.3) is 5.82 Å². The Hall–Kier alpha value is -3.35. The Morgan fingerprint density at radius 3 is 2.68 bits per heavy atom. The molecule has 28 heavy (non-hydrogen) atoms. The second-order valence-corrected chi connectivity index (χ2v) is 6.56. The third kappa shape index (κ3) is 4.14. The zero-order valence-corrected chi connectivity index (χ0v) is 16.6. The third-order valence-electron chi connectivity index (χ3n) is 4.82. The summed E-state index contributed by atoms with van der Waals surface area (Å²) in [4.78, 5) is 22.9. The fourth-order valence-corrected chi connectivity index (χ4v) is 2.98. The summed E-state index contributed by atoms with van der Waals surface area (Å²) in [5, 5.41) is 2.94. The Kier molecular flexibility index (Phi) is 5.93. The number of ether oxygens (including phenoxy) is 1. The van der Waals surface area contributed by atoms with E-state index in [1.165, 1.54) is 0 Å². The summed E-state index contributed by atoms with van der Waals surface area (Å²) >= 11 is 0. The summed E-state index contributed by atoms with van der Waals surface area (Å²) < 4.78 is 7.31. The van der Waals surface area contributed by atoms with Crippen LogP contribution in [0.5, 0.6) is 5.75 Å². The van der Waals surface area contributed by atoms with E-state index in [4.69, 9.17) is 4.74 Å². The first kappa shape index (κ1) is 19.4. The molecule has 7 heteroatoms. The molecule has 0 bridgehead atoms. The molecule has 1 atom stereocenters. The molecule has 2 heterocycles. The first-order chi connectivity index (χ1) is 13.5. The Labute approximate surface area is 165 Å². The zero-order chi connectivity index (χ0) is 20.1. The molecule has 2 amide bonds. The summed E-state index contributed by atoms with van der Waals surface area (Å²) in [6.07, 6.45) is 5.37. The van der Waals surface area contributed by atoms with Gasteiger partial charge in [0.05, 0.1) is 13.2 Å². The number of nitrogens with zero attached hydrogens (tertiary/aromatic N) is 4. The summed E-state index contributed by atoms with van der Waals surface area (Å²) in [5.41, 5.74) is 1.89. The maximum absolute atomic E-state index is 12.6. The van der Waals surface area contributed by atoms with Gasteiger partial charge in [-0.3, -0.25) is 4.57 Å². The number of para-hydroxylation sites is 1. The Bertz CT molecular complexity index is 936. The molecule has 0 aliphatic heterocycles. The summed E-state index contributed by atoms with van der Waals surface area (Å²) in [6.45, 7) is 4.30. The van der Waals surface area contributed by atoms with Crippen molar-refractivity contribution >= 4 is 6.03 Å². The van der Waals surface area contributed by atoms with Crippen molar-refractivity contribution < 1.29 is 9.53 Å². The number of benzene rings is 1. The largest absolute Gasteiger partial charge is 0.496 e. The number of nitrogens with one attached hydrogen (secondary N) is 1. The topological polar surface area (TPSA) is 72.3 Å². The van der Waals surface area contributed by atoms with Crippen molar-refractivity contribution in [1.29, 1.82) is 0 Å². The van der Waals surface area contributed by atoms with Gasteiger partial charge in [-0.25, -0.2) is 14.8 Å². The van der Waals surface area contributed by atoms with Crippen LogP contribution in [0.15, 0.2) is 55.0 Å². The number of hydrogen-bond acceptors (Lipinski definition) is 4. The molecular formula is C21H25N5O2. The van der Waals surface area contributed by atoms with Gasteiger partial charge in [-0.05, 0) is 31.5 Å². The lowest BCUT2D eigenvalue weighted by molar-refractivity contribution is 0.193. The smallest absolute Gasteiger partial charge is 0.317 e. The van der Waals surface area contributed by atoms with E-state index < -0.39 is 0 Å². The molecule has 0 saturated heterocycles. The van der Waals surface area contributed by atoms with Gasteiger partial charge < -0.3 is 15.0 Å².